The normalized spacial score (nSPS) is 8.71. The van der Waals surface area contributed by atoms with Crippen molar-refractivity contribution in [1.82, 2.24) is 0 Å². The lowest BCUT2D eigenvalue weighted by atomic mass is 10.5. The molecule has 7 heteroatoms. The van der Waals surface area contributed by atoms with Crippen LogP contribution in [0.25, 0.3) is 0 Å². The van der Waals surface area contributed by atoms with Crippen molar-refractivity contribution in [2.24, 2.45) is 5.73 Å². The fourth-order valence-corrected chi connectivity index (χ4v) is 0.207. The van der Waals surface area contributed by atoms with Crippen LogP contribution < -0.4 is 5.73 Å². The standard InChI is InChI=1S/C5H6O4.C2H5NO2/c1-9-5(8)3-2-4(6)7;3-1-2(4)5/h2-3H,1H3,(H,6,7);1,3H2,(H,4,5)/b3-2+;. The molecule has 0 aromatic heterocycles. The van der Waals surface area contributed by atoms with E-state index in [4.69, 9.17) is 10.2 Å². The number of carbonyl (C=O) groups excluding carboxylic acids is 1. The van der Waals surface area contributed by atoms with Crippen LogP contribution >= 0.6 is 0 Å². The maximum Gasteiger partial charge on any atom is 0.330 e. The molecule has 0 bridgehead atoms. The Balaban J connectivity index is 0. The molecule has 7 nitrogen and oxygen atoms in total. The first kappa shape index (κ1) is 14.6. The smallest absolute Gasteiger partial charge is 0.330 e. The number of rotatable bonds is 3. The van der Waals surface area contributed by atoms with E-state index in [9.17, 15) is 14.4 Å². The number of carboxylic acids is 2. The first-order valence-corrected chi connectivity index (χ1v) is 3.34. The van der Waals surface area contributed by atoms with Gasteiger partial charge in [0.05, 0.1) is 13.7 Å². The summed E-state index contributed by atoms with van der Waals surface area (Å²) in [6, 6.07) is 0. The van der Waals surface area contributed by atoms with Crippen LogP contribution in [-0.2, 0) is 19.1 Å². The van der Waals surface area contributed by atoms with E-state index in [1.807, 2.05) is 0 Å². The molecule has 0 spiro atoms. The maximum absolute atomic E-state index is 10.1. The second-order valence-corrected chi connectivity index (χ2v) is 1.79. The zero-order valence-corrected chi connectivity index (χ0v) is 7.47. The zero-order chi connectivity index (χ0) is 11.6. The summed E-state index contributed by atoms with van der Waals surface area (Å²) in [7, 11) is 1.18. The van der Waals surface area contributed by atoms with E-state index in [0.29, 0.717) is 6.08 Å². The summed E-state index contributed by atoms with van der Waals surface area (Å²) in [5.41, 5.74) is 4.57. The third-order valence-electron chi connectivity index (χ3n) is 0.738. The second kappa shape index (κ2) is 9.20. The van der Waals surface area contributed by atoms with Crippen LogP contribution in [0, 0.1) is 0 Å². The van der Waals surface area contributed by atoms with Crippen LogP contribution in [0.15, 0.2) is 12.2 Å². The molecule has 0 unspecified atom stereocenters. The number of hydrogen-bond acceptors (Lipinski definition) is 5. The summed E-state index contributed by atoms with van der Waals surface area (Å²) in [4.78, 5) is 29.1. The predicted molar refractivity (Wildman–Crippen MR) is 45.5 cm³/mol. The lowest BCUT2D eigenvalue weighted by molar-refractivity contribution is -0.136. The van der Waals surface area contributed by atoms with Crippen LogP contribution in [-0.4, -0.2) is 41.8 Å². The van der Waals surface area contributed by atoms with Crippen molar-refractivity contribution in [3.05, 3.63) is 12.2 Å². The molecule has 0 saturated carbocycles. The van der Waals surface area contributed by atoms with Gasteiger partial charge >= 0.3 is 17.9 Å². The van der Waals surface area contributed by atoms with Crippen molar-refractivity contribution in [1.29, 1.82) is 0 Å². The van der Waals surface area contributed by atoms with Crippen molar-refractivity contribution >= 4 is 17.9 Å². The minimum Gasteiger partial charge on any atom is -0.480 e. The average Bonchev–Trinajstić information content (AvgIpc) is 2.14. The Morgan fingerprint density at radius 2 is 1.71 bits per heavy atom. The van der Waals surface area contributed by atoms with Crippen LogP contribution in [0.2, 0.25) is 0 Å². The lowest BCUT2D eigenvalue weighted by Gasteiger charge is -1.85. The largest absolute Gasteiger partial charge is 0.480 e. The molecule has 0 heterocycles. The molecule has 0 atom stereocenters. The van der Waals surface area contributed by atoms with Crippen LogP contribution in [0.1, 0.15) is 0 Å². The van der Waals surface area contributed by atoms with Gasteiger partial charge in [-0.25, -0.2) is 9.59 Å². The fraction of sp³-hybridized carbons (Fsp3) is 0.286. The number of methoxy groups -OCH3 is 1. The van der Waals surface area contributed by atoms with E-state index < -0.39 is 17.9 Å². The Labute approximate surface area is 79.8 Å². The van der Waals surface area contributed by atoms with Crippen molar-refractivity contribution in [2.45, 2.75) is 0 Å². The minimum absolute atomic E-state index is 0.278. The van der Waals surface area contributed by atoms with E-state index in [1.54, 1.807) is 0 Å². The maximum atomic E-state index is 10.1. The minimum atomic E-state index is -1.17. The summed E-state index contributed by atoms with van der Waals surface area (Å²) in [5, 5.41) is 15.6. The van der Waals surface area contributed by atoms with Gasteiger partial charge in [0.15, 0.2) is 0 Å². The van der Waals surface area contributed by atoms with E-state index in [2.05, 4.69) is 10.5 Å². The van der Waals surface area contributed by atoms with Crippen LogP contribution in [0.4, 0.5) is 0 Å². The topological polar surface area (TPSA) is 127 Å². The highest BCUT2D eigenvalue weighted by molar-refractivity contribution is 5.90. The van der Waals surface area contributed by atoms with Gasteiger partial charge in [-0.1, -0.05) is 0 Å². The first-order chi connectivity index (χ1) is 6.43. The molecule has 4 N–H and O–H groups in total. The predicted octanol–water partition coefficient (Wildman–Crippen LogP) is -1.17. The van der Waals surface area contributed by atoms with Crippen molar-refractivity contribution in [3.63, 3.8) is 0 Å². The van der Waals surface area contributed by atoms with Gasteiger partial charge in [-0.2, -0.15) is 0 Å². The van der Waals surface area contributed by atoms with Gasteiger partial charge in [0.25, 0.3) is 0 Å². The average molecular weight is 205 g/mol. The third-order valence-corrected chi connectivity index (χ3v) is 0.738. The molecule has 0 aliphatic heterocycles. The van der Waals surface area contributed by atoms with Crippen LogP contribution in [0.3, 0.4) is 0 Å². The van der Waals surface area contributed by atoms with Crippen molar-refractivity contribution in [3.8, 4) is 0 Å². The number of carboxylic acid groups (broad SMARTS) is 2. The van der Waals surface area contributed by atoms with E-state index in [0.717, 1.165) is 6.08 Å². The van der Waals surface area contributed by atoms with Crippen molar-refractivity contribution in [2.75, 3.05) is 13.7 Å². The van der Waals surface area contributed by atoms with Gasteiger partial charge in [-0.05, 0) is 0 Å². The highest BCUT2D eigenvalue weighted by atomic mass is 16.5. The van der Waals surface area contributed by atoms with E-state index >= 15 is 0 Å². The Morgan fingerprint density at radius 1 is 1.29 bits per heavy atom. The zero-order valence-electron chi connectivity index (χ0n) is 7.47. The molecule has 0 aliphatic carbocycles. The number of aliphatic carboxylic acids is 2. The quantitative estimate of drug-likeness (QED) is 0.391. The molecule has 0 aliphatic rings. The van der Waals surface area contributed by atoms with Gasteiger partial charge in [0, 0.05) is 12.2 Å². The molecule has 0 aromatic carbocycles. The van der Waals surface area contributed by atoms with Gasteiger partial charge < -0.3 is 20.7 Å². The number of carbonyl (C=O) groups is 3. The van der Waals surface area contributed by atoms with E-state index in [1.165, 1.54) is 7.11 Å². The summed E-state index contributed by atoms with van der Waals surface area (Å²) in [6.07, 6.45) is 1.55. The lowest BCUT2D eigenvalue weighted by Crippen LogP contribution is -2.10. The Kier molecular flexibility index (Phi) is 9.61. The molecule has 0 fully saturated rings. The molecular formula is C7H11NO6. The number of nitrogens with two attached hydrogens (primary N) is 1. The SMILES string of the molecule is COC(=O)/C=C/C(=O)O.NCC(=O)O. The molecule has 0 radical (unpaired) electrons. The highest BCUT2D eigenvalue weighted by Gasteiger charge is 1.91. The Hall–Kier alpha value is -1.89. The fourth-order valence-electron chi connectivity index (χ4n) is 0.207. The molecule has 0 aromatic rings. The molecule has 80 valence electrons. The van der Waals surface area contributed by atoms with Gasteiger partial charge in [0.1, 0.15) is 0 Å². The summed E-state index contributed by atoms with van der Waals surface area (Å²) in [6.45, 7) is -0.278. The first-order valence-electron chi connectivity index (χ1n) is 3.34. The van der Waals surface area contributed by atoms with Crippen molar-refractivity contribution < 1.29 is 29.3 Å². The second-order valence-electron chi connectivity index (χ2n) is 1.79. The molecular weight excluding hydrogens is 194 g/mol. The van der Waals surface area contributed by atoms with Crippen LogP contribution in [0.5, 0.6) is 0 Å². The highest BCUT2D eigenvalue weighted by Crippen LogP contribution is 1.76. The summed E-state index contributed by atoms with van der Waals surface area (Å²) >= 11 is 0. The Morgan fingerprint density at radius 3 is 1.93 bits per heavy atom. The molecule has 0 amide bonds. The number of ether oxygens (including phenoxy) is 1. The van der Waals surface area contributed by atoms with Gasteiger partial charge in [-0.15, -0.1) is 0 Å². The van der Waals surface area contributed by atoms with E-state index in [-0.39, 0.29) is 6.54 Å². The van der Waals surface area contributed by atoms with Gasteiger partial charge in [-0.3, -0.25) is 4.79 Å². The summed E-state index contributed by atoms with van der Waals surface area (Å²) in [5.74, 6) is -2.80. The monoisotopic (exact) mass is 205 g/mol. The van der Waals surface area contributed by atoms with Gasteiger partial charge in [0.2, 0.25) is 0 Å². The third kappa shape index (κ3) is 16.6. The number of esters is 1. The molecule has 14 heavy (non-hydrogen) atoms. The Bertz CT molecular complexity index is 234. The molecule has 0 saturated heterocycles. The molecule has 0 rings (SSSR count). The summed E-state index contributed by atoms with van der Waals surface area (Å²) < 4.78 is 4.11. The number of hydrogen-bond donors (Lipinski definition) is 3.